The second-order valence-corrected chi connectivity index (χ2v) is 6.97. The van der Waals surface area contributed by atoms with Crippen LogP contribution in [0.1, 0.15) is 17.0 Å². The molecule has 1 aromatic heterocycles. The van der Waals surface area contributed by atoms with Gasteiger partial charge in [0.15, 0.2) is 5.76 Å². The summed E-state index contributed by atoms with van der Waals surface area (Å²) in [6.07, 6.45) is -5.72. The number of benzene rings is 2. The lowest BCUT2D eigenvalue weighted by atomic mass is 10.0. The number of halogens is 4. The summed E-state index contributed by atoms with van der Waals surface area (Å²) in [7, 11) is 0. The van der Waals surface area contributed by atoms with E-state index in [9.17, 15) is 22.4 Å². The highest BCUT2D eigenvalue weighted by atomic mass is 19.4. The van der Waals surface area contributed by atoms with Gasteiger partial charge < -0.3 is 19.8 Å². The molecule has 0 bridgehead atoms. The van der Waals surface area contributed by atoms with Crippen LogP contribution in [-0.4, -0.2) is 37.6 Å². The van der Waals surface area contributed by atoms with Gasteiger partial charge in [0.05, 0.1) is 6.04 Å². The van der Waals surface area contributed by atoms with E-state index in [1.807, 2.05) is 0 Å². The summed E-state index contributed by atoms with van der Waals surface area (Å²) in [5.74, 6) is -1.02. The van der Waals surface area contributed by atoms with Crippen LogP contribution in [0.3, 0.4) is 0 Å². The van der Waals surface area contributed by atoms with Crippen LogP contribution in [0, 0.1) is 0 Å². The smallest absolute Gasteiger partial charge is 0.450 e. The number of alkyl halides is 4. The molecule has 2 atom stereocenters. The number of hydrogen-bond acceptors (Lipinski definition) is 4. The van der Waals surface area contributed by atoms with Gasteiger partial charge in [-0.3, -0.25) is 4.79 Å². The molecule has 0 aliphatic carbocycles. The summed E-state index contributed by atoms with van der Waals surface area (Å²) < 4.78 is 62.2. The average Bonchev–Trinajstić information content (AvgIpc) is 3.14. The van der Waals surface area contributed by atoms with Gasteiger partial charge in [0.25, 0.3) is 5.91 Å². The summed E-state index contributed by atoms with van der Waals surface area (Å²) in [6.45, 7) is 0.849. The zero-order valence-corrected chi connectivity index (χ0v) is 15.6. The largest absolute Gasteiger partial charge is 0.573 e. The quantitative estimate of drug-likeness (QED) is 0.611. The van der Waals surface area contributed by atoms with E-state index in [1.54, 1.807) is 24.3 Å². The highest BCUT2D eigenvalue weighted by Crippen LogP contribution is 2.38. The maximum atomic E-state index is 14.0. The van der Waals surface area contributed by atoms with Crippen LogP contribution < -0.4 is 15.4 Å². The Hall–Kier alpha value is -3.07. The van der Waals surface area contributed by atoms with Crippen molar-refractivity contribution in [1.82, 2.24) is 10.6 Å². The van der Waals surface area contributed by atoms with Crippen LogP contribution in [0.4, 0.5) is 17.6 Å². The molecular formula is C21H18F4N2O3. The fourth-order valence-corrected chi connectivity index (χ4v) is 3.50. The Kier molecular flexibility index (Phi) is 5.38. The van der Waals surface area contributed by atoms with Crippen molar-refractivity contribution >= 4 is 16.9 Å². The molecule has 2 heterocycles. The Labute approximate surface area is 169 Å². The molecule has 2 N–H and O–H groups in total. The highest BCUT2D eigenvalue weighted by molar-refractivity contribution is 6.00. The number of nitrogens with one attached hydrogen (secondary N) is 2. The van der Waals surface area contributed by atoms with E-state index in [-0.39, 0.29) is 22.7 Å². The molecule has 4 rings (SSSR count). The summed E-state index contributed by atoms with van der Waals surface area (Å²) in [4.78, 5) is 12.6. The molecule has 3 aromatic rings. The van der Waals surface area contributed by atoms with E-state index in [4.69, 9.17) is 4.42 Å². The second kappa shape index (κ2) is 7.98. The molecule has 158 valence electrons. The predicted molar refractivity (Wildman–Crippen MR) is 102 cm³/mol. The lowest BCUT2D eigenvalue weighted by Gasteiger charge is -2.27. The Balaban J connectivity index is 1.68. The molecule has 1 aliphatic rings. The minimum Gasteiger partial charge on any atom is -0.450 e. The van der Waals surface area contributed by atoms with Crippen LogP contribution in [0.2, 0.25) is 0 Å². The standard InChI is InChI=1S/C21H18F4N2O3/c22-15-8-9-26-11-16(15)27-20(28)18-10-12-4-3-6-14(19(12)29-18)13-5-1-2-7-17(13)30-21(23,24)25/h1-7,10,15-16,26H,8-9,11H2,(H,27,28)/t15-,16-/m0/s1. The minimum atomic E-state index is -4.85. The highest BCUT2D eigenvalue weighted by Gasteiger charge is 2.32. The Morgan fingerprint density at radius 3 is 2.67 bits per heavy atom. The number of fused-ring (bicyclic) bond motifs is 1. The SMILES string of the molecule is O=C(N[C@H]1CNCC[C@@H]1F)c1cc2cccc(-c3ccccc3OC(F)(F)F)c2o1. The molecule has 9 heteroatoms. The average molecular weight is 422 g/mol. The monoisotopic (exact) mass is 422 g/mol. The number of amides is 1. The molecular weight excluding hydrogens is 404 g/mol. The van der Waals surface area contributed by atoms with E-state index in [1.165, 1.54) is 24.3 Å². The van der Waals surface area contributed by atoms with Gasteiger partial charge in [0.1, 0.15) is 17.5 Å². The van der Waals surface area contributed by atoms with Crippen molar-refractivity contribution in [2.75, 3.05) is 13.1 Å². The third kappa shape index (κ3) is 4.25. The second-order valence-electron chi connectivity index (χ2n) is 6.97. The van der Waals surface area contributed by atoms with Crippen molar-refractivity contribution in [1.29, 1.82) is 0 Å². The molecule has 2 aromatic carbocycles. The lowest BCUT2D eigenvalue weighted by Crippen LogP contribution is -2.52. The van der Waals surface area contributed by atoms with E-state index in [0.29, 0.717) is 30.5 Å². The maximum absolute atomic E-state index is 14.0. The first kappa shape index (κ1) is 20.2. The van der Waals surface area contributed by atoms with Crippen molar-refractivity contribution in [3.8, 4) is 16.9 Å². The Morgan fingerprint density at radius 1 is 1.13 bits per heavy atom. The molecule has 0 unspecified atom stereocenters. The third-order valence-electron chi connectivity index (χ3n) is 4.89. The fraction of sp³-hybridized carbons (Fsp3) is 0.286. The molecule has 5 nitrogen and oxygen atoms in total. The van der Waals surface area contributed by atoms with Crippen LogP contribution >= 0.6 is 0 Å². The topological polar surface area (TPSA) is 63.5 Å². The predicted octanol–water partition coefficient (Wildman–Crippen LogP) is 4.43. The van der Waals surface area contributed by atoms with Crippen molar-refractivity contribution in [2.45, 2.75) is 25.0 Å². The van der Waals surface area contributed by atoms with Gasteiger partial charge in [0, 0.05) is 23.1 Å². The number of piperidine rings is 1. The Morgan fingerprint density at radius 2 is 1.90 bits per heavy atom. The normalized spacial score (nSPS) is 19.6. The summed E-state index contributed by atoms with van der Waals surface area (Å²) >= 11 is 0. The first-order valence-corrected chi connectivity index (χ1v) is 9.35. The zero-order valence-electron chi connectivity index (χ0n) is 15.6. The molecule has 1 saturated heterocycles. The van der Waals surface area contributed by atoms with Crippen molar-refractivity contribution < 1.29 is 31.5 Å². The zero-order chi connectivity index (χ0) is 21.3. The van der Waals surface area contributed by atoms with Gasteiger partial charge in [-0.15, -0.1) is 13.2 Å². The van der Waals surface area contributed by atoms with Gasteiger partial charge in [0.2, 0.25) is 0 Å². The molecule has 0 spiro atoms. The molecule has 30 heavy (non-hydrogen) atoms. The number of rotatable bonds is 4. The van der Waals surface area contributed by atoms with Gasteiger partial charge in [-0.1, -0.05) is 36.4 Å². The number of para-hydroxylation sites is 2. The van der Waals surface area contributed by atoms with Crippen LogP contribution in [0.15, 0.2) is 52.9 Å². The van der Waals surface area contributed by atoms with Crippen LogP contribution in [-0.2, 0) is 0 Å². The van der Waals surface area contributed by atoms with E-state index in [0.717, 1.165) is 0 Å². The maximum Gasteiger partial charge on any atom is 0.573 e. The van der Waals surface area contributed by atoms with E-state index >= 15 is 0 Å². The third-order valence-corrected chi connectivity index (χ3v) is 4.89. The minimum absolute atomic E-state index is 0.0514. The van der Waals surface area contributed by atoms with E-state index < -0.39 is 24.5 Å². The van der Waals surface area contributed by atoms with Crippen molar-refractivity contribution in [3.63, 3.8) is 0 Å². The van der Waals surface area contributed by atoms with Crippen molar-refractivity contribution in [3.05, 3.63) is 54.3 Å². The lowest BCUT2D eigenvalue weighted by molar-refractivity contribution is -0.274. The van der Waals surface area contributed by atoms with Gasteiger partial charge in [-0.25, -0.2) is 4.39 Å². The molecule has 1 amide bonds. The van der Waals surface area contributed by atoms with Crippen LogP contribution in [0.5, 0.6) is 5.75 Å². The molecule has 0 saturated carbocycles. The van der Waals surface area contributed by atoms with Crippen molar-refractivity contribution in [2.24, 2.45) is 0 Å². The molecule has 0 radical (unpaired) electrons. The van der Waals surface area contributed by atoms with E-state index in [2.05, 4.69) is 15.4 Å². The number of furan rings is 1. The van der Waals surface area contributed by atoms with Gasteiger partial charge >= 0.3 is 6.36 Å². The Bertz CT molecular complexity index is 1060. The van der Waals surface area contributed by atoms with Gasteiger partial charge in [-0.2, -0.15) is 0 Å². The summed E-state index contributed by atoms with van der Waals surface area (Å²) in [5.41, 5.74) is 0.746. The number of carbonyl (C=O) groups excluding carboxylic acids is 1. The number of hydrogen-bond donors (Lipinski definition) is 2. The first-order chi connectivity index (χ1) is 14.3. The van der Waals surface area contributed by atoms with Crippen LogP contribution in [0.25, 0.3) is 22.1 Å². The summed E-state index contributed by atoms with van der Waals surface area (Å²) in [6, 6.07) is 11.4. The number of ether oxygens (including phenoxy) is 1. The number of carbonyl (C=O) groups is 1. The summed E-state index contributed by atoms with van der Waals surface area (Å²) in [5, 5.41) is 6.14. The first-order valence-electron chi connectivity index (χ1n) is 9.35. The molecule has 1 fully saturated rings. The fourth-order valence-electron chi connectivity index (χ4n) is 3.50. The molecule has 1 aliphatic heterocycles. The van der Waals surface area contributed by atoms with Gasteiger partial charge in [-0.05, 0) is 25.1 Å².